The van der Waals surface area contributed by atoms with Crippen LogP contribution in [0.15, 0.2) is 12.2 Å². The molecule has 0 saturated heterocycles. The highest BCUT2D eigenvalue weighted by atomic mass is 79.9. The van der Waals surface area contributed by atoms with Crippen LogP contribution in [0, 0.1) is 0 Å². The third-order valence-electron chi connectivity index (χ3n) is 5.45. The van der Waals surface area contributed by atoms with Crippen molar-refractivity contribution in [3.05, 3.63) is 12.2 Å². The molecule has 0 aromatic carbocycles. The summed E-state index contributed by atoms with van der Waals surface area (Å²) < 4.78 is 5.52. The summed E-state index contributed by atoms with van der Waals surface area (Å²) in [5.74, 6) is -0.278. The van der Waals surface area contributed by atoms with E-state index in [-0.39, 0.29) is 35.1 Å². The van der Waals surface area contributed by atoms with Gasteiger partial charge in [-0.25, -0.2) is 4.79 Å². The van der Waals surface area contributed by atoms with E-state index in [4.69, 9.17) is 4.74 Å². The minimum absolute atomic E-state index is 0. The van der Waals surface area contributed by atoms with Gasteiger partial charge in [-0.2, -0.15) is 0 Å². The highest BCUT2D eigenvalue weighted by Gasteiger charge is 2.22. The molecule has 0 amide bonds. The number of ether oxygens (including phenoxy) is 1. The SMILES string of the molecule is Br.C=C(C)C(=O)OC(C)C(CCCCCCCCCCCCCCC)N(C)C. The van der Waals surface area contributed by atoms with E-state index in [9.17, 15) is 4.79 Å². The van der Waals surface area contributed by atoms with Crippen LogP contribution in [0.25, 0.3) is 0 Å². The second kappa shape index (κ2) is 19.9. The summed E-state index contributed by atoms with van der Waals surface area (Å²) in [5, 5.41) is 0. The predicted molar refractivity (Wildman–Crippen MR) is 128 cm³/mol. The van der Waals surface area contributed by atoms with Crippen molar-refractivity contribution in [1.82, 2.24) is 4.90 Å². The predicted octanol–water partition coefficient (Wildman–Crippen LogP) is 7.48. The fourth-order valence-corrected chi connectivity index (χ4v) is 3.63. The Bertz CT molecular complexity index is 385. The number of rotatable bonds is 18. The summed E-state index contributed by atoms with van der Waals surface area (Å²) in [6.45, 7) is 9.64. The number of unbranched alkanes of at least 4 members (excludes halogenated alkanes) is 12. The number of hydrogen-bond acceptors (Lipinski definition) is 3. The maximum atomic E-state index is 11.7. The zero-order chi connectivity index (χ0) is 20.5. The lowest BCUT2D eigenvalue weighted by Crippen LogP contribution is -2.40. The number of nitrogens with zero attached hydrogens (tertiary/aromatic N) is 1. The van der Waals surface area contributed by atoms with Crippen LogP contribution in [0.5, 0.6) is 0 Å². The first-order valence-corrected chi connectivity index (χ1v) is 11.4. The molecule has 0 bridgehead atoms. The molecule has 2 unspecified atom stereocenters. The summed E-state index contributed by atoms with van der Waals surface area (Å²) in [5.41, 5.74) is 0.473. The molecule has 0 aliphatic heterocycles. The van der Waals surface area contributed by atoms with Gasteiger partial charge in [-0.1, -0.05) is 97.0 Å². The number of hydrogen-bond donors (Lipinski definition) is 0. The summed E-state index contributed by atoms with van der Waals surface area (Å²) >= 11 is 0. The molecule has 0 aliphatic rings. The third-order valence-corrected chi connectivity index (χ3v) is 5.45. The highest BCUT2D eigenvalue weighted by molar-refractivity contribution is 8.93. The van der Waals surface area contributed by atoms with Crippen LogP contribution in [-0.2, 0) is 9.53 Å². The first-order valence-electron chi connectivity index (χ1n) is 11.4. The van der Waals surface area contributed by atoms with Crippen LogP contribution in [0.1, 0.15) is 111 Å². The van der Waals surface area contributed by atoms with Crippen molar-refractivity contribution in [1.29, 1.82) is 0 Å². The van der Waals surface area contributed by atoms with Gasteiger partial charge in [0.15, 0.2) is 0 Å². The van der Waals surface area contributed by atoms with E-state index >= 15 is 0 Å². The molecule has 0 heterocycles. The van der Waals surface area contributed by atoms with Crippen molar-refractivity contribution >= 4 is 23.0 Å². The van der Waals surface area contributed by atoms with Crippen molar-refractivity contribution in [3.63, 3.8) is 0 Å². The number of likely N-dealkylation sites (N-methyl/N-ethyl adjacent to an activating group) is 1. The number of halogens is 1. The van der Waals surface area contributed by atoms with Crippen molar-refractivity contribution in [3.8, 4) is 0 Å². The summed E-state index contributed by atoms with van der Waals surface area (Å²) in [4.78, 5) is 13.9. The quantitative estimate of drug-likeness (QED) is 0.120. The van der Waals surface area contributed by atoms with Gasteiger partial charge in [-0.05, 0) is 34.4 Å². The zero-order valence-electron chi connectivity index (χ0n) is 19.4. The van der Waals surface area contributed by atoms with E-state index in [2.05, 4.69) is 32.5 Å². The van der Waals surface area contributed by atoms with Gasteiger partial charge < -0.3 is 9.64 Å². The van der Waals surface area contributed by atoms with Crippen molar-refractivity contribution < 1.29 is 9.53 Å². The standard InChI is InChI=1S/C24H47NO2.BrH/c1-7-8-9-10-11-12-13-14-15-16-17-18-19-20-23(25(5)6)22(4)27-24(26)21(2)3;/h22-23H,2,7-20H2,1,3-6H3;1H. The van der Waals surface area contributed by atoms with Gasteiger partial charge in [0, 0.05) is 11.6 Å². The molecule has 0 aromatic heterocycles. The van der Waals surface area contributed by atoms with E-state index in [1.54, 1.807) is 6.92 Å². The average molecular weight is 463 g/mol. The number of carbonyl (C=O) groups excluding carboxylic acids is 1. The molecule has 28 heavy (non-hydrogen) atoms. The second-order valence-electron chi connectivity index (χ2n) is 8.45. The van der Waals surface area contributed by atoms with Gasteiger partial charge in [0.05, 0.1) is 0 Å². The Morgan fingerprint density at radius 1 is 0.857 bits per heavy atom. The normalized spacial score (nSPS) is 13.1. The Kier molecular flexibility index (Phi) is 21.3. The first-order chi connectivity index (χ1) is 12.9. The van der Waals surface area contributed by atoms with Gasteiger partial charge in [-0.15, -0.1) is 17.0 Å². The molecular formula is C24H48BrNO2. The van der Waals surface area contributed by atoms with Crippen LogP contribution in [0.4, 0.5) is 0 Å². The lowest BCUT2D eigenvalue weighted by Gasteiger charge is -2.30. The molecule has 168 valence electrons. The molecule has 0 rings (SSSR count). The fourth-order valence-electron chi connectivity index (χ4n) is 3.63. The Hall–Kier alpha value is -0.350. The van der Waals surface area contributed by atoms with Gasteiger partial charge in [-0.3, -0.25) is 0 Å². The van der Waals surface area contributed by atoms with Gasteiger partial charge >= 0.3 is 5.97 Å². The van der Waals surface area contributed by atoms with Crippen LogP contribution in [0.3, 0.4) is 0 Å². The largest absolute Gasteiger partial charge is 0.458 e. The van der Waals surface area contributed by atoms with E-state index in [0.717, 1.165) is 6.42 Å². The molecule has 4 heteroatoms. The van der Waals surface area contributed by atoms with Gasteiger partial charge in [0.2, 0.25) is 0 Å². The molecule has 0 N–H and O–H groups in total. The van der Waals surface area contributed by atoms with Crippen molar-refractivity contribution in [2.75, 3.05) is 14.1 Å². The Morgan fingerprint density at radius 3 is 1.61 bits per heavy atom. The fraction of sp³-hybridized carbons (Fsp3) is 0.875. The first kappa shape index (κ1) is 29.8. The molecule has 2 atom stereocenters. The maximum Gasteiger partial charge on any atom is 0.333 e. The smallest absolute Gasteiger partial charge is 0.333 e. The lowest BCUT2D eigenvalue weighted by molar-refractivity contribution is -0.146. The summed E-state index contributed by atoms with van der Waals surface area (Å²) in [6.07, 6.45) is 18.8. The molecule has 0 fully saturated rings. The average Bonchev–Trinajstić information content (AvgIpc) is 2.61. The highest BCUT2D eigenvalue weighted by Crippen LogP contribution is 2.17. The maximum absolute atomic E-state index is 11.7. The topological polar surface area (TPSA) is 29.5 Å². The summed E-state index contributed by atoms with van der Waals surface area (Å²) in [7, 11) is 4.13. The molecule has 0 saturated carbocycles. The minimum atomic E-state index is -0.278. The summed E-state index contributed by atoms with van der Waals surface area (Å²) in [6, 6.07) is 0.279. The van der Waals surface area contributed by atoms with E-state index < -0.39 is 0 Å². The molecule has 3 nitrogen and oxygen atoms in total. The van der Waals surface area contributed by atoms with Crippen LogP contribution in [-0.4, -0.2) is 37.1 Å². The third kappa shape index (κ3) is 16.6. The minimum Gasteiger partial charge on any atom is -0.458 e. The van der Waals surface area contributed by atoms with Crippen molar-refractivity contribution in [2.24, 2.45) is 0 Å². The van der Waals surface area contributed by atoms with Crippen molar-refractivity contribution in [2.45, 2.75) is 123 Å². The number of esters is 1. The Morgan fingerprint density at radius 2 is 1.25 bits per heavy atom. The number of carbonyl (C=O) groups is 1. The zero-order valence-corrected chi connectivity index (χ0v) is 21.1. The molecule has 0 aliphatic carbocycles. The second-order valence-corrected chi connectivity index (χ2v) is 8.45. The van der Waals surface area contributed by atoms with Gasteiger partial charge in [0.25, 0.3) is 0 Å². The van der Waals surface area contributed by atoms with E-state index in [1.807, 2.05) is 6.92 Å². The van der Waals surface area contributed by atoms with Crippen LogP contribution >= 0.6 is 17.0 Å². The molecule has 0 radical (unpaired) electrons. The molecular weight excluding hydrogens is 414 g/mol. The lowest BCUT2D eigenvalue weighted by atomic mass is 10.0. The molecule has 0 spiro atoms. The molecule has 0 aromatic rings. The van der Waals surface area contributed by atoms with Crippen LogP contribution in [0.2, 0.25) is 0 Å². The van der Waals surface area contributed by atoms with E-state index in [1.165, 1.54) is 83.5 Å². The Balaban J connectivity index is 0. The van der Waals surface area contributed by atoms with E-state index in [0.29, 0.717) is 5.57 Å². The monoisotopic (exact) mass is 461 g/mol. The van der Waals surface area contributed by atoms with Crippen LogP contribution < -0.4 is 0 Å². The Labute approximate surface area is 186 Å². The van der Waals surface area contributed by atoms with Gasteiger partial charge in [0.1, 0.15) is 6.10 Å².